The molecule has 1 atom stereocenters. The molecule has 0 bridgehead atoms. The van der Waals surface area contributed by atoms with Gasteiger partial charge in [-0.25, -0.2) is 4.39 Å². The van der Waals surface area contributed by atoms with Crippen molar-refractivity contribution in [2.45, 2.75) is 19.9 Å². The minimum absolute atomic E-state index is 0.00275. The third-order valence-electron chi connectivity index (χ3n) is 2.93. The lowest BCUT2D eigenvalue weighted by atomic mass is 10.00. The molecule has 19 heavy (non-hydrogen) atoms. The molecule has 0 radical (unpaired) electrons. The molecule has 1 aromatic heterocycles. The average molecular weight is 407 g/mol. The number of thiophene rings is 1. The van der Waals surface area contributed by atoms with Crippen LogP contribution in [-0.4, -0.2) is 6.54 Å². The van der Waals surface area contributed by atoms with Crippen molar-refractivity contribution >= 4 is 43.2 Å². The van der Waals surface area contributed by atoms with Crippen molar-refractivity contribution in [3.05, 3.63) is 54.3 Å². The van der Waals surface area contributed by atoms with Gasteiger partial charge in [0.15, 0.2) is 0 Å². The van der Waals surface area contributed by atoms with Gasteiger partial charge in [-0.1, -0.05) is 19.1 Å². The predicted octanol–water partition coefficient (Wildman–Crippen LogP) is 5.42. The first-order chi connectivity index (χ1) is 9.02. The zero-order valence-electron chi connectivity index (χ0n) is 10.6. The van der Waals surface area contributed by atoms with E-state index in [1.165, 1.54) is 0 Å². The molecule has 0 amide bonds. The molecule has 0 aliphatic carbocycles. The highest BCUT2D eigenvalue weighted by molar-refractivity contribution is 9.12. The normalized spacial score (nSPS) is 12.7. The molecular weight excluding hydrogens is 393 g/mol. The van der Waals surface area contributed by atoms with E-state index < -0.39 is 0 Å². The summed E-state index contributed by atoms with van der Waals surface area (Å²) < 4.78 is 15.9. The SMILES string of the molecule is CCNC(c1ccc(C)c(F)c1)c1cc(Br)sc1Br. The summed E-state index contributed by atoms with van der Waals surface area (Å²) in [6.07, 6.45) is 0. The van der Waals surface area contributed by atoms with E-state index in [9.17, 15) is 4.39 Å². The van der Waals surface area contributed by atoms with E-state index in [-0.39, 0.29) is 11.9 Å². The fraction of sp³-hybridized carbons (Fsp3) is 0.286. The lowest BCUT2D eigenvalue weighted by Gasteiger charge is -2.18. The zero-order chi connectivity index (χ0) is 14.0. The van der Waals surface area contributed by atoms with Crippen molar-refractivity contribution in [3.63, 3.8) is 0 Å². The largest absolute Gasteiger partial charge is 0.306 e. The van der Waals surface area contributed by atoms with E-state index in [4.69, 9.17) is 0 Å². The summed E-state index contributed by atoms with van der Waals surface area (Å²) in [7, 11) is 0. The Bertz CT molecular complexity index is 583. The van der Waals surface area contributed by atoms with Crippen LogP contribution in [0.3, 0.4) is 0 Å². The maximum Gasteiger partial charge on any atom is 0.126 e. The maximum atomic E-state index is 13.8. The quantitative estimate of drug-likeness (QED) is 0.714. The van der Waals surface area contributed by atoms with Crippen LogP contribution in [0.1, 0.15) is 29.7 Å². The highest BCUT2D eigenvalue weighted by atomic mass is 79.9. The Kier molecular flexibility index (Phi) is 5.17. The smallest absolute Gasteiger partial charge is 0.126 e. The fourth-order valence-corrected chi connectivity index (χ4v) is 4.85. The van der Waals surface area contributed by atoms with Gasteiger partial charge in [0.2, 0.25) is 0 Å². The Morgan fingerprint density at radius 3 is 2.58 bits per heavy atom. The van der Waals surface area contributed by atoms with Crippen molar-refractivity contribution in [2.24, 2.45) is 0 Å². The van der Waals surface area contributed by atoms with Crippen LogP contribution in [0.2, 0.25) is 0 Å². The number of rotatable bonds is 4. The standard InChI is InChI=1S/C14H14Br2FNS/c1-3-18-13(10-7-12(15)19-14(10)16)9-5-4-8(2)11(17)6-9/h4-7,13,18H,3H2,1-2H3. The van der Waals surface area contributed by atoms with Gasteiger partial charge in [0.1, 0.15) is 5.82 Å². The third-order valence-corrected chi connectivity index (χ3v) is 5.32. The summed E-state index contributed by atoms with van der Waals surface area (Å²) in [6, 6.07) is 7.48. The molecule has 5 heteroatoms. The zero-order valence-corrected chi connectivity index (χ0v) is 14.6. The van der Waals surface area contributed by atoms with Crippen LogP contribution in [0.5, 0.6) is 0 Å². The summed E-state index contributed by atoms with van der Waals surface area (Å²) in [4.78, 5) is 0. The molecule has 0 spiro atoms. The summed E-state index contributed by atoms with van der Waals surface area (Å²) in [5.74, 6) is -0.161. The van der Waals surface area contributed by atoms with Gasteiger partial charge < -0.3 is 5.32 Å². The van der Waals surface area contributed by atoms with Crippen LogP contribution in [0.4, 0.5) is 4.39 Å². The number of hydrogen-bond acceptors (Lipinski definition) is 2. The van der Waals surface area contributed by atoms with E-state index in [0.717, 1.165) is 25.2 Å². The van der Waals surface area contributed by atoms with Crippen LogP contribution in [0.25, 0.3) is 0 Å². The molecule has 0 aliphatic rings. The molecule has 1 unspecified atom stereocenters. The first kappa shape index (κ1) is 15.2. The van der Waals surface area contributed by atoms with Crippen LogP contribution in [0, 0.1) is 12.7 Å². The van der Waals surface area contributed by atoms with Crippen LogP contribution >= 0.6 is 43.2 Å². The number of hydrogen-bond donors (Lipinski definition) is 1. The van der Waals surface area contributed by atoms with Crippen molar-refractivity contribution < 1.29 is 4.39 Å². The molecule has 2 aromatic rings. The van der Waals surface area contributed by atoms with Gasteiger partial charge in [0, 0.05) is 0 Å². The molecule has 1 N–H and O–H groups in total. The van der Waals surface area contributed by atoms with Crippen molar-refractivity contribution in [1.29, 1.82) is 0 Å². The highest BCUT2D eigenvalue weighted by Gasteiger charge is 2.19. The summed E-state index contributed by atoms with van der Waals surface area (Å²) in [5.41, 5.74) is 2.74. The molecular formula is C14H14Br2FNS. The molecule has 1 aromatic carbocycles. The molecule has 0 fully saturated rings. The Morgan fingerprint density at radius 1 is 1.32 bits per heavy atom. The van der Waals surface area contributed by atoms with Crippen molar-refractivity contribution in [3.8, 4) is 0 Å². The first-order valence-electron chi connectivity index (χ1n) is 5.97. The van der Waals surface area contributed by atoms with Gasteiger partial charge in [-0.15, -0.1) is 11.3 Å². The maximum absolute atomic E-state index is 13.8. The number of nitrogens with one attached hydrogen (secondary N) is 1. The molecule has 0 saturated heterocycles. The van der Waals surface area contributed by atoms with E-state index in [0.29, 0.717) is 5.56 Å². The number of halogens is 3. The Labute approximate surface area is 133 Å². The van der Waals surface area contributed by atoms with E-state index >= 15 is 0 Å². The van der Waals surface area contributed by atoms with E-state index in [1.807, 2.05) is 19.1 Å². The van der Waals surface area contributed by atoms with Crippen molar-refractivity contribution in [2.75, 3.05) is 6.54 Å². The van der Waals surface area contributed by atoms with Gasteiger partial charge >= 0.3 is 0 Å². The molecule has 0 aliphatic heterocycles. The van der Waals surface area contributed by atoms with Gasteiger partial charge in [0.25, 0.3) is 0 Å². The average Bonchev–Trinajstić information content (AvgIpc) is 2.69. The van der Waals surface area contributed by atoms with Gasteiger partial charge in [-0.2, -0.15) is 0 Å². The van der Waals surface area contributed by atoms with Gasteiger partial charge in [-0.3, -0.25) is 0 Å². The fourth-order valence-electron chi connectivity index (χ4n) is 1.95. The van der Waals surface area contributed by atoms with Crippen LogP contribution < -0.4 is 5.32 Å². The summed E-state index contributed by atoms with van der Waals surface area (Å²) >= 11 is 8.69. The topological polar surface area (TPSA) is 12.0 Å². The van der Waals surface area contributed by atoms with E-state index in [1.54, 1.807) is 24.3 Å². The number of benzene rings is 1. The molecule has 2 rings (SSSR count). The van der Waals surface area contributed by atoms with Gasteiger partial charge in [0.05, 0.1) is 13.6 Å². The Balaban J connectivity index is 2.44. The Morgan fingerprint density at radius 2 is 2.05 bits per heavy atom. The second-order valence-corrected chi connectivity index (χ2v) is 8.03. The minimum Gasteiger partial charge on any atom is -0.306 e. The monoisotopic (exact) mass is 405 g/mol. The van der Waals surface area contributed by atoms with Crippen molar-refractivity contribution in [1.82, 2.24) is 5.32 Å². The lowest BCUT2D eigenvalue weighted by Crippen LogP contribution is -2.22. The second kappa shape index (κ2) is 6.48. The van der Waals surface area contributed by atoms with Gasteiger partial charge in [-0.05, 0) is 74.2 Å². The summed E-state index contributed by atoms with van der Waals surface area (Å²) in [5, 5.41) is 3.41. The first-order valence-corrected chi connectivity index (χ1v) is 8.37. The second-order valence-electron chi connectivity index (χ2n) is 4.28. The molecule has 0 saturated carbocycles. The number of aryl methyl sites for hydroxylation is 1. The minimum atomic E-state index is -0.161. The van der Waals surface area contributed by atoms with Crippen LogP contribution in [-0.2, 0) is 0 Å². The molecule has 102 valence electrons. The predicted molar refractivity (Wildman–Crippen MR) is 86.4 cm³/mol. The summed E-state index contributed by atoms with van der Waals surface area (Å²) in [6.45, 7) is 4.64. The highest BCUT2D eigenvalue weighted by Crippen LogP contribution is 2.38. The lowest BCUT2D eigenvalue weighted by molar-refractivity contribution is 0.597. The van der Waals surface area contributed by atoms with E-state index in [2.05, 4.69) is 43.2 Å². The molecule has 1 heterocycles. The molecule has 1 nitrogen and oxygen atoms in total. The van der Waals surface area contributed by atoms with Crippen LogP contribution in [0.15, 0.2) is 31.8 Å². The third kappa shape index (κ3) is 3.45. The Hall–Kier alpha value is -0.230.